The van der Waals surface area contributed by atoms with Crippen LogP contribution in [-0.2, 0) is 18.0 Å². The first kappa shape index (κ1) is 27.6. The molecule has 1 aliphatic rings. The fourth-order valence-electron chi connectivity index (χ4n) is 4.32. The highest BCUT2D eigenvalue weighted by Gasteiger charge is 2.36. The van der Waals surface area contributed by atoms with Crippen molar-refractivity contribution in [2.45, 2.75) is 37.9 Å². The minimum Gasteiger partial charge on any atom is -0.464 e. The smallest absolute Gasteiger partial charge is 0.416 e. The summed E-state index contributed by atoms with van der Waals surface area (Å²) in [6, 6.07) is 3.45. The third-order valence-electron chi connectivity index (χ3n) is 6.37. The van der Waals surface area contributed by atoms with Gasteiger partial charge in [0.25, 0.3) is 11.5 Å². The molecular weight excluding hydrogens is 537 g/mol. The molecule has 1 N–H and O–H groups in total. The number of ether oxygens (including phenoxy) is 1. The fraction of sp³-hybridized carbons (Fsp3) is 0.417. The molecule has 0 aliphatic carbocycles. The standard InChI is InChI=1S/C24H23ClF5N5O3/c1-12(31-16-4-5-17(25)32-19(16)21(37)38-3)14-10-13(24(28,29)30)11-15-18(14)33-22(34(2)20(15)36)35-8-6-23(26,27)7-9-35/h4-5,10-12,31H,6-9H2,1-3H3/t12-/m1/s1. The van der Waals surface area contributed by atoms with Crippen molar-refractivity contribution in [1.29, 1.82) is 0 Å². The maximum absolute atomic E-state index is 13.8. The summed E-state index contributed by atoms with van der Waals surface area (Å²) in [6.07, 6.45) is -5.67. The highest BCUT2D eigenvalue weighted by Crippen LogP contribution is 2.36. The van der Waals surface area contributed by atoms with Crippen molar-refractivity contribution in [3.63, 3.8) is 0 Å². The summed E-state index contributed by atoms with van der Waals surface area (Å²) in [5.41, 5.74) is -1.92. The van der Waals surface area contributed by atoms with Gasteiger partial charge >= 0.3 is 12.1 Å². The molecule has 2 aromatic heterocycles. The normalized spacial score (nSPS) is 16.4. The van der Waals surface area contributed by atoms with E-state index in [0.717, 1.165) is 23.8 Å². The van der Waals surface area contributed by atoms with Gasteiger partial charge in [-0.15, -0.1) is 0 Å². The minimum absolute atomic E-state index is 0.00174. The summed E-state index contributed by atoms with van der Waals surface area (Å²) in [7, 11) is 2.47. The lowest BCUT2D eigenvalue weighted by Gasteiger charge is -2.33. The first-order chi connectivity index (χ1) is 17.7. The van der Waals surface area contributed by atoms with Crippen LogP contribution in [0.5, 0.6) is 0 Å². The molecule has 3 heterocycles. The second-order valence-corrected chi connectivity index (χ2v) is 9.35. The Hall–Kier alpha value is -3.48. The zero-order valence-corrected chi connectivity index (χ0v) is 21.3. The number of carbonyl (C=O) groups is 1. The van der Waals surface area contributed by atoms with Gasteiger partial charge in [0.05, 0.1) is 35.3 Å². The molecule has 0 bridgehead atoms. The number of nitrogens with one attached hydrogen (secondary N) is 1. The van der Waals surface area contributed by atoms with Gasteiger partial charge in [0, 0.05) is 38.5 Å². The molecule has 4 rings (SSSR count). The Morgan fingerprint density at radius 1 is 1.18 bits per heavy atom. The fourth-order valence-corrected chi connectivity index (χ4v) is 4.46. The van der Waals surface area contributed by atoms with Crippen LogP contribution in [0.1, 0.15) is 47.4 Å². The maximum Gasteiger partial charge on any atom is 0.416 e. The quantitative estimate of drug-likeness (QED) is 0.261. The maximum atomic E-state index is 13.8. The van der Waals surface area contributed by atoms with Gasteiger partial charge in [0.1, 0.15) is 5.15 Å². The first-order valence-corrected chi connectivity index (χ1v) is 11.9. The Balaban J connectivity index is 1.87. The summed E-state index contributed by atoms with van der Waals surface area (Å²) in [6.45, 7) is 1.36. The summed E-state index contributed by atoms with van der Waals surface area (Å²) in [5.74, 6) is -3.61. The van der Waals surface area contributed by atoms with Crippen molar-refractivity contribution in [1.82, 2.24) is 14.5 Å². The van der Waals surface area contributed by atoms with E-state index in [9.17, 15) is 31.5 Å². The van der Waals surface area contributed by atoms with Crippen molar-refractivity contribution in [2.24, 2.45) is 7.05 Å². The van der Waals surface area contributed by atoms with E-state index in [-0.39, 0.29) is 52.0 Å². The van der Waals surface area contributed by atoms with Crippen molar-refractivity contribution < 1.29 is 31.5 Å². The van der Waals surface area contributed by atoms with E-state index in [4.69, 9.17) is 16.3 Å². The van der Waals surface area contributed by atoms with E-state index in [1.807, 2.05) is 0 Å². The van der Waals surface area contributed by atoms with Gasteiger partial charge in [-0.05, 0) is 31.2 Å². The van der Waals surface area contributed by atoms with Crippen molar-refractivity contribution in [2.75, 3.05) is 30.4 Å². The zero-order valence-electron chi connectivity index (χ0n) is 20.5. The molecule has 0 radical (unpaired) electrons. The predicted molar refractivity (Wildman–Crippen MR) is 131 cm³/mol. The number of carbonyl (C=O) groups excluding carboxylic acids is 1. The van der Waals surface area contributed by atoms with Crippen LogP contribution in [-0.4, -0.2) is 46.6 Å². The first-order valence-electron chi connectivity index (χ1n) is 11.5. The SMILES string of the molecule is COC(=O)c1nc(Cl)ccc1N[C@H](C)c1cc(C(F)(F)F)cc2c(=O)n(C)c(N3CCC(F)(F)CC3)nc12. The van der Waals surface area contributed by atoms with Crippen molar-refractivity contribution >= 4 is 40.1 Å². The van der Waals surface area contributed by atoms with E-state index in [0.29, 0.717) is 0 Å². The van der Waals surface area contributed by atoms with Gasteiger partial charge in [-0.1, -0.05) is 11.6 Å². The molecule has 3 aromatic rings. The number of esters is 1. The Morgan fingerprint density at radius 2 is 1.84 bits per heavy atom. The van der Waals surface area contributed by atoms with Crippen LogP contribution in [0.4, 0.5) is 33.6 Å². The average molecular weight is 560 g/mol. The van der Waals surface area contributed by atoms with E-state index in [1.54, 1.807) is 0 Å². The van der Waals surface area contributed by atoms with Gasteiger partial charge in [-0.25, -0.2) is 23.5 Å². The summed E-state index contributed by atoms with van der Waals surface area (Å²) < 4.78 is 74.6. The van der Waals surface area contributed by atoms with Crippen LogP contribution in [0.25, 0.3) is 10.9 Å². The van der Waals surface area contributed by atoms with Gasteiger partial charge in [-0.3, -0.25) is 9.36 Å². The van der Waals surface area contributed by atoms with E-state index in [2.05, 4.69) is 15.3 Å². The van der Waals surface area contributed by atoms with Crippen LogP contribution in [0, 0.1) is 0 Å². The number of rotatable bonds is 5. The Morgan fingerprint density at radius 3 is 2.45 bits per heavy atom. The molecule has 0 amide bonds. The number of halogens is 6. The number of hydrogen-bond acceptors (Lipinski definition) is 7. The summed E-state index contributed by atoms with van der Waals surface area (Å²) in [4.78, 5) is 35.4. The van der Waals surface area contributed by atoms with E-state index < -0.39 is 48.1 Å². The van der Waals surface area contributed by atoms with Crippen molar-refractivity contribution in [3.05, 3.63) is 56.6 Å². The second kappa shape index (κ2) is 10.0. The number of nitrogens with zero attached hydrogens (tertiary/aromatic N) is 4. The van der Waals surface area contributed by atoms with Gasteiger partial charge in [0.15, 0.2) is 5.69 Å². The monoisotopic (exact) mass is 559 g/mol. The molecule has 1 atom stereocenters. The van der Waals surface area contributed by atoms with Crippen LogP contribution in [0.3, 0.4) is 0 Å². The number of anilines is 2. The summed E-state index contributed by atoms with van der Waals surface area (Å²) in [5, 5.41) is 2.64. The third-order valence-corrected chi connectivity index (χ3v) is 6.58. The molecule has 8 nitrogen and oxygen atoms in total. The van der Waals surface area contributed by atoms with Gasteiger partial charge in [-0.2, -0.15) is 13.2 Å². The number of alkyl halides is 5. The topological polar surface area (TPSA) is 89.3 Å². The number of fused-ring (bicyclic) bond motifs is 1. The van der Waals surface area contributed by atoms with Crippen LogP contribution in [0.15, 0.2) is 29.1 Å². The lowest BCUT2D eigenvalue weighted by Crippen LogP contribution is -2.42. The highest BCUT2D eigenvalue weighted by molar-refractivity contribution is 6.29. The van der Waals surface area contributed by atoms with Crippen LogP contribution in [0.2, 0.25) is 5.15 Å². The van der Waals surface area contributed by atoms with Crippen LogP contribution < -0.4 is 15.8 Å². The molecule has 204 valence electrons. The van der Waals surface area contributed by atoms with E-state index >= 15 is 0 Å². The van der Waals surface area contributed by atoms with E-state index in [1.165, 1.54) is 31.0 Å². The lowest BCUT2D eigenvalue weighted by atomic mass is 10.00. The number of methoxy groups -OCH3 is 1. The second-order valence-electron chi connectivity index (χ2n) is 8.97. The van der Waals surface area contributed by atoms with Crippen LogP contribution >= 0.6 is 11.6 Å². The molecule has 0 spiro atoms. The number of benzene rings is 1. The Kier molecular flexibility index (Phi) is 7.26. The van der Waals surface area contributed by atoms with Crippen molar-refractivity contribution in [3.8, 4) is 0 Å². The number of piperidine rings is 1. The molecular formula is C24H23ClF5N5O3. The number of pyridine rings is 1. The predicted octanol–water partition coefficient (Wildman–Crippen LogP) is 5.20. The van der Waals surface area contributed by atoms with Gasteiger partial charge < -0.3 is 15.0 Å². The minimum atomic E-state index is -4.77. The largest absolute Gasteiger partial charge is 0.464 e. The Labute approximate surface area is 218 Å². The lowest BCUT2D eigenvalue weighted by molar-refractivity contribution is -0.137. The molecule has 1 aliphatic heterocycles. The molecule has 38 heavy (non-hydrogen) atoms. The zero-order chi connectivity index (χ0) is 28.0. The summed E-state index contributed by atoms with van der Waals surface area (Å²) >= 11 is 5.89. The number of aromatic nitrogens is 3. The molecule has 0 saturated carbocycles. The molecule has 1 aromatic carbocycles. The molecule has 1 fully saturated rings. The Bertz CT molecular complexity index is 1450. The molecule has 14 heteroatoms. The number of hydrogen-bond donors (Lipinski definition) is 1. The molecule has 1 saturated heterocycles. The molecule has 0 unspecified atom stereocenters. The third kappa shape index (κ3) is 5.38. The highest BCUT2D eigenvalue weighted by atomic mass is 35.5. The van der Waals surface area contributed by atoms with Gasteiger partial charge in [0.2, 0.25) is 5.95 Å². The average Bonchev–Trinajstić information content (AvgIpc) is 2.85.